The molecule has 2 amide bonds. The van der Waals surface area contributed by atoms with Crippen molar-refractivity contribution in [1.29, 1.82) is 0 Å². The van der Waals surface area contributed by atoms with Crippen molar-refractivity contribution in [3.05, 3.63) is 29.8 Å². The van der Waals surface area contributed by atoms with E-state index in [2.05, 4.69) is 17.4 Å². The summed E-state index contributed by atoms with van der Waals surface area (Å²) in [7, 11) is 3.47. The van der Waals surface area contributed by atoms with Crippen molar-refractivity contribution >= 4 is 17.8 Å². The van der Waals surface area contributed by atoms with Gasteiger partial charge in [0.05, 0.1) is 6.10 Å². The van der Waals surface area contributed by atoms with Gasteiger partial charge in [-0.2, -0.15) is 0 Å². The molecule has 1 rings (SSSR count). The van der Waals surface area contributed by atoms with Crippen molar-refractivity contribution < 1.29 is 9.53 Å². The maximum Gasteiger partial charge on any atom is 0.317 e. The minimum absolute atomic E-state index is 0.0740. The van der Waals surface area contributed by atoms with Crippen molar-refractivity contribution in [3.63, 3.8) is 0 Å². The molecule has 0 radical (unpaired) electrons. The maximum atomic E-state index is 12.0. The fourth-order valence-electron chi connectivity index (χ4n) is 1.85. The molecule has 1 aromatic rings. The van der Waals surface area contributed by atoms with Crippen LogP contribution in [-0.4, -0.2) is 44.0 Å². The van der Waals surface area contributed by atoms with Gasteiger partial charge < -0.3 is 15.0 Å². The molecule has 0 heterocycles. The predicted octanol–water partition coefficient (Wildman–Crippen LogP) is 2.97. The molecule has 20 heavy (non-hydrogen) atoms. The lowest BCUT2D eigenvalue weighted by Gasteiger charge is -2.20. The first kappa shape index (κ1) is 16.9. The monoisotopic (exact) mass is 296 g/mol. The average molecular weight is 296 g/mol. The van der Waals surface area contributed by atoms with Crippen LogP contribution >= 0.6 is 11.8 Å². The highest BCUT2D eigenvalue weighted by Crippen LogP contribution is 2.16. The highest BCUT2D eigenvalue weighted by atomic mass is 32.2. The normalized spacial score (nSPS) is 12.0. The molecule has 0 unspecified atom stereocenters. The third-order valence-electron chi connectivity index (χ3n) is 3.17. The zero-order valence-corrected chi connectivity index (χ0v) is 13.5. The number of thioether (sulfide) groups is 1. The zero-order valence-electron chi connectivity index (χ0n) is 12.7. The van der Waals surface area contributed by atoms with Gasteiger partial charge in [-0.3, -0.25) is 0 Å². The fourth-order valence-corrected chi connectivity index (χ4v) is 2.33. The van der Waals surface area contributed by atoms with E-state index in [1.54, 1.807) is 30.8 Å². The first-order chi connectivity index (χ1) is 9.60. The number of carbonyl (C=O) groups excluding carboxylic acids is 1. The molecule has 0 saturated heterocycles. The summed E-state index contributed by atoms with van der Waals surface area (Å²) in [6, 6.07) is 8.16. The first-order valence-electron chi connectivity index (χ1n) is 6.75. The van der Waals surface area contributed by atoms with E-state index < -0.39 is 0 Å². The van der Waals surface area contributed by atoms with Crippen molar-refractivity contribution in [2.24, 2.45) is 0 Å². The summed E-state index contributed by atoms with van der Waals surface area (Å²) < 4.78 is 5.24. The van der Waals surface area contributed by atoms with Crippen molar-refractivity contribution in [1.82, 2.24) is 10.2 Å². The summed E-state index contributed by atoms with van der Waals surface area (Å²) >= 11 is 1.70. The SMILES string of the molecule is CC[C@@H](CNC(=O)N(C)Cc1cccc(SC)c1)OC. The minimum atomic E-state index is -0.0740. The smallest absolute Gasteiger partial charge is 0.317 e. The van der Waals surface area contributed by atoms with Crippen LogP contribution in [0.15, 0.2) is 29.2 Å². The Hall–Kier alpha value is -1.20. The highest BCUT2D eigenvalue weighted by Gasteiger charge is 2.11. The second kappa shape index (κ2) is 8.87. The number of hydrogen-bond donors (Lipinski definition) is 1. The predicted molar refractivity (Wildman–Crippen MR) is 84.2 cm³/mol. The summed E-state index contributed by atoms with van der Waals surface area (Å²) in [6.07, 6.45) is 3.01. The molecule has 4 nitrogen and oxygen atoms in total. The number of hydrogen-bond acceptors (Lipinski definition) is 3. The largest absolute Gasteiger partial charge is 0.380 e. The number of rotatable bonds is 7. The maximum absolute atomic E-state index is 12.0. The average Bonchev–Trinajstić information content (AvgIpc) is 2.48. The van der Waals surface area contributed by atoms with Gasteiger partial charge in [0.25, 0.3) is 0 Å². The Bertz CT molecular complexity index is 422. The molecule has 1 atom stereocenters. The van der Waals surface area contributed by atoms with Crippen LogP contribution in [0, 0.1) is 0 Å². The van der Waals surface area contributed by atoms with E-state index in [4.69, 9.17) is 4.74 Å². The van der Waals surface area contributed by atoms with Crippen molar-refractivity contribution in [3.8, 4) is 0 Å². The lowest BCUT2D eigenvalue weighted by molar-refractivity contribution is 0.0983. The molecule has 0 spiro atoms. The molecule has 112 valence electrons. The molecule has 0 aliphatic heterocycles. The summed E-state index contributed by atoms with van der Waals surface area (Å²) in [5.74, 6) is 0. The first-order valence-corrected chi connectivity index (χ1v) is 7.97. The molecule has 1 N–H and O–H groups in total. The molecule has 0 aromatic heterocycles. The molecule has 0 aliphatic rings. The number of nitrogens with one attached hydrogen (secondary N) is 1. The minimum Gasteiger partial charge on any atom is -0.380 e. The topological polar surface area (TPSA) is 41.6 Å². The molecule has 0 aliphatic carbocycles. The van der Waals surface area contributed by atoms with E-state index in [0.29, 0.717) is 13.1 Å². The van der Waals surface area contributed by atoms with E-state index in [9.17, 15) is 4.79 Å². The second-order valence-corrected chi connectivity index (χ2v) is 5.54. The third-order valence-corrected chi connectivity index (χ3v) is 3.90. The molecule has 0 fully saturated rings. The van der Waals surface area contributed by atoms with Crippen LogP contribution in [0.3, 0.4) is 0 Å². The second-order valence-electron chi connectivity index (χ2n) is 4.66. The van der Waals surface area contributed by atoms with Crippen LogP contribution < -0.4 is 5.32 Å². The Kier molecular flexibility index (Phi) is 7.47. The van der Waals surface area contributed by atoms with Gasteiger partial charge in [-0.05, 0) is 30.4 Å². The van der Waals surface area contributed by atoms with E-state index in [1.165, 1.54) is 4.90 Å². The molecule has 0 bridgehead atoms. The van der Waals surface area contributed by atoms with Crippen LogP contribution in [0.1, 0.15) is 18.9 Å². The molecule has 5 heteroatoms. The quantitative estimate of drug-likeness (QED) is 0.787. The Morgan fingerprint density at radius 2 is 2.25 bits per heavy atom. The van der Waals surface area contributed by atoms with Crippen LogP contribution in [0.4, 0.5) is 4.79 Å². The Morgan fingerprint density at radius 3 is 2.85 bits per heavy atom. The number of benzene rings is 1. The number of nitrogens with zero attached hydrogens (tertiary/aromatic N) is 1. The summed E-state index contributed by atoms with van der Waals surface area (Å²) in [4.78, 5) is 14.9. The number of amides is 2. The van der Waals surface area contributed by atoms with Crippen molar-refractivity contribution in [2.75, 3.05) is 27.0 Å². The fraction of sp³-hybridized carbons (Fsp3) is 0.533. The standard InChI is InChI=1S/C15H24N2O2S/c1-5-13(19-3)10-16-15(18)17(2)11-12-7-6-8-14(9-12)20-4/h6-9,13H,5,10-11H2,1-4H3,(H,16,18)/t13-/m0/s1. The lowest BCUT2D eigenvalue weighted by Crippen LogP contribution is -2.40. The molecule has 1 aromatic carbocycles. The molecular formula is C15H24N2O2S. The summed E-state index contributed by atoms with van der Waals surface area (Å²) in [5.41, 5.74) is 1.13. The van der Waals surface area contributed by atoms with Gasteiger partial charge in [-0.1, -0.05) is 19.1 Å². The van der Waals surface area contributed by atoms with Crippen LogP contribution in [0.25, 0.3) is 0 Å². The van der Waals surface area contributed by atoms with Gasteiger partial charge in [0, 0.05) is 32.1 Å². The number of urea groups is 1. The Balaban J connectivity index is 2.48. The number of ether oxygens (including phenoxy) is 1. The highest BCUT2D eigenvalue weighted by molar-refractivity contribution is 7.98. The Morgan fingerprint density at radius 1 is 1.50 bits per heavy atom. The zero-order chi connectivity index (χ0) is 15.0. The van der Waals surface area contributed by atoms with Gasteiger partial charge in [-0.15, -0.1) is 11.8 Å². The Labute approximate surface area is 125 Å². The van der Waals surface area contributed by atoms with E-state index in [0.717, 1.165) is 12.0 Å². The molecule has 0 saturated carbocycles. The van der Waals surface area contributed by atoms with Gasteiger partial charge in [0.15, 0.2) is 0 Å². The number of methoxy groups -OCH3 is 1. The molecular weight excluding hydrogens is 272 g/mol. The van der Waals surface area contributed by atoms with E-state index in [1.807, 2.05) is 25.3 Å². The number of carbonyl (C=O) groups is 1. The van der Waals surface area contributed by atoms with Crippen LogP contribution in [0.2, 0.25) is 0 Å². The summed E-state index contributed by atoms with van der Waals surface area (Å²) in [5, 5.41) is 2.89. The van der Waals surface area contributed by atoms with Gasteiger partial charge in [0.1, 0.15) is 0 Å². The van der Waals surface area contributed by atoms with Crippen LogP contribution in [-0.2, 0) is 11.3 Å². The van der Waals surface area contributed by atoms with Gasteiger partial charge >= 0.3 is 6.03 Å². The third kappa shape index (κ3) is 5.43. The van der Waals surface area contributed by atoms with Gasteiger partial charge in [-0.25, -0.2) is 4.79 Å². The van der Waals surface area contributed by atoms with Crippen molar-refractivity contribution in [2.45, 2.75) is 30.9 Å². The van der Waals surface area contributed by atoms with E-state index in [-0.39, 0.29) is 12.1 Å². The van der Waals surface area contributed by atoms with E-state index >= 15 is 0 Å². The lowest BCUT2D eigenvalue weighted by atomic mass is 10.2. The van der Waals surface area contributed by atoms with Gasteiger partial charge in [0.2, 0.25) is 0 Å². The summed E-state index contributed by atoms with van der Waals surface area (Å²) in [6.45, 7) is 3.18. The van der Waals surface area contributed by atoms with Crippen LogP contribution in [0.5, 0.6) is 0 Å².